The minimum absolute atomic E-state index is 0.252. The number of carbonyl (C=O) groups is 2. The van der Waals surface area contributed by atoms with Crippen LogP contribution in [0.25, 0.3) is 0 Å². The summed E-state index contributed by atoms with van der Waals surface area (Å²) in [5.74, 6) is -0.252. The molecule has 132 valence electrons. The molecule has 1 aromatic carbocycles. The Kier molecular flexibility index (Phi) is 5.64. The molecule has 1 aliphatic heterocycles. The zero-order chi connectivity index (χ0) is 17.9. The Balaban J connectivity index is 2.07. The van der Waals surface area contributed by atoms with Crippen molar-refractivity contribution in [3.05, 3.63) is 24.3 Å². The van der Waals surface area contributed by atoms with E-state index in [1.165, 1.54) is 4.90 Å². The molecular formula is C17H24N2O4S. The zero-order valence-electron chi connectivity index (χ0n) is 14.5. The fraction of sp³-hybridized carbons (Fsp3) is 0.529. The number of carbonyl (C=O) groups excluding carboxylic acids is 2. The third-order valence-corrected chi connectivity index (χ3v) is 4.53. The Labute approximate surface area is 145 Å². The van der Waals surface area contributed by atoms with E-state index >= 15 is 0 Å². The van der Waals surface area contributed by atoms with Crippen molar-refractivity contribution in [1.29, 1.82) is 0 Å². The van der Waals surface area contributed by atoms with Crippen LogP contribution in [0.5, 0.6) is 0 Å². The van der Waals surface area contributed by atoms with Crippen LogP contribution in [0.2, 0.25) is 0 Å². The molecular weight excluding hydrogens is 328 g/mol. The highest BCUT2D eigenvalue weighted by atomic mass is 32.2. The van der Waals surface area contributed by atoms with Gasteiger partial charge in [-0.05, 0) is 51.8 Å². The van der Waals surface area contributed by atoms with Crippen molar-refractivity contribution in [2.24, 2.45) is 0 Å². The van der Waals surface area contributed by atoms with Crippen molar-refractivity contribution in [2.45, 2.75) is 50.2 Å². The van der Waals surface area contributed by atoms with Crippen LogP contribution in [0.4, 0.5) is 10.5 Å². The topological polar surface area (TPSA) is 75.7 Å². The Morgan fingerprint density at radius 3 is 2.67 bits per heavy atom. The molecule has 7 heteroatoms. The van der Waals surface area contributed by atoms with Gasteiger partial charge in [0.1, 0.15) is 11.6 Å². The van der Waals surface area contributed by atoms with Crippen LogP contribution in [0, 0.1) is 0 Å². The third-order valence-electron chi connectivity index (χ3n) is 3.62. The summed E-state index contributed by atoms with van der Waals surface area (Å²) in [5.41, 5.74) is -0.0241. The summed E-state index contributed by atoms with van der Waals surface area (Å²) in [6, 6.07) is 6.36. The first-order valence-corrected chi connectivity index (χ1v) is 9.47. The second kappa shape index (κ2) is 7.34. The van der Waals surface area contributed by atoms with E-state index in [1.807, 2.05) is 0 Å². The summed E-state index contributed by atoms with van der Waals surface area (Å²) in [6.07, 6.45) is 2.48. The van der Waals surface area contributed by atoms with Gasteiger partial charge in [-0.3, -0.25) is 13.9 Å². The molecule has 24 heavy (non-hydrogen) atoms. The second-order valence-corrected chi connectivity index (χ2v) is 8.18. The molecule has 1 saturated heterocycles. The zero-order valence-corrected chi connectivity index (χ0v) is 15.3. The molecule has 0 spiro atoms. The highest BCUT2D eigenvalue weighted by molar-refractivity contribution is 7.84. The van der Waals surface area contributed by atoms with Gasteiger partial charge >= 0.3 is 6.09 Å². The van der Waals surface area contributed by atoms with E-state index in [-0.39, 0.29) is 5.91 Å². The molecule has 1 aliphatic rings. The minimum atomic E-state index is -1.12. The predicted molar refractivity (Wildman–Crippen MR) is 93.4 cm³/mol. The standard InChI is InChI=1S/C17H24N2O4S/c1-17(2,3)23-16(21)19-10-6-9-14(19)15(20)18-12-7-5-8-13(11-12)24(4)22/h5,7-8,11,14H,6,9-10H2,1-4H3,(H,18,20)/t14-,24-/m0/s1. The van der Waals surface area contributed by atoms with E-state index in [1.54, 1.807) is 51.3 Å². The largest absolute Gasteiger partial charge is 0.444 e. The van der Waals surface area contributed by atoms with Crippen LogP contribution in [-0.2, 0) is 20.3 Å². The molecule has 2 amide bonds. The van der Waals surface area contributed by atoms with Gasteiger partial charge in [0.05, 0.1) is 0 Å². The van der Waals surface area contributed by atoms with Gasteiger partial charge in [-0.1, -0.05) is 6.07 Å². The van der Waals surface area contributed by atoms with E-state index in [9.17, 15) is 13.8 Å². The van der Waals surface area contributed by atoms with E-state index in [4.69, 9.17) is 4.74 Å². The molecule has 1 fully saturated rings. The molecule has 0 aromatic heterocycles. The number of benzene rings is 1. The summed E-state index contributed by atoms with van der Waals surface area (Å²) >= 11 is 0. The molecule has 0 saturated carbocycles. The lowest BCUT2D eigenvalue weighted by molar-refractivity contribution is -0.120. The smallest absolute Gasteiger partial charge is 0.410 e. The second-order valence-electron chi connectivity index (χ2n) is 6.80. The SMILES string of the molecule is C[S@](=O)c1cccc(NC(=O)[C@@H]2CCCN2C(=O)OC(C)(C)C)c1. The summed E-state index contributed by atoms with van der Waals surface area (Å²) in [5, 5.41) is 2.80. The molecule has 1 N–H and O–H groups in total. The number of likely N-dealkylation sites (tertiary alicyclic amines) is 1. The molecule has 0 radical (unpaired) electrons. The normalized spacial score (nSPS) is 19.0. The Morgan fingerprint density at radius 1 is 1.33 bits per heavy atom. The monoisotopic (exact) mass is 352 g/mol. The summed E-state index contributed by atoms with van der Waals surface area (Å²) < 4.78 is 16.9. The van der Waals surface area contributed by atoms with Crippen molar-refractivity contribution in [1.82, 2.24) is 4.90 Å². The Morgan fingerprint density at radius 2 is 2.04 bits per heavy atom. The summed E-state index contributed by atoms with van der Waals surface area (Å²) in [4.78, 5) is 26.9. The summed E-state index contributed by atoms with van der Waals surface area (Å²) in [7, 11) is -1.12. The van der Waals surface area contributed by atoms with Crippen molar-refractivity contribution in [2.75, 3.05) is 18.1 Å². The number of amides is 2. The van der Waals surface area contributed by atoms with Gasteiger partial charge in [0, 0.05) is 34.2 Å². The first-order valence-electron chi connectivity index (χ1n) is 7.91. The average molecular weight is 352 g/mol. The highest BCUT2D eigenvalue weighted by Gasteiger charge is 2.36. The fourth-order valence-corrected chi connectivity index (χ4v) is 3.12. The number of rotatable bonds is 3. The number of nitrogens with one attached hydrogen (secondary N) is 1. The maximum atomic E-state index is 12.5. The van der Waals surface area contributed by atoms with E-state index in [0.717, 1.165) is 6.42 Å². The molecule has 2 rings (SSSR count). The van der Waals surface area contributed by atoms with Crippen LogP contribution in [-0.4, -0.2) is 45.6 Å². The average Bonchev–Trinajstić information content (AvgIpc) is 2.95. The van der Waals surface area contributed by atoms with Crippen molar-refractivity contribution in [3.63, 3.8) is 0 Å². The first-order chi connectivity index (χ1) is 11.2. The van der Waals surface area contributed by atoms with Crippen LogP contribution < -0.4 is 5.32 Å². The number of hydrogen-bond donors (Lipinski definition) is 1. The minimum Gasteiger partial charge on any atom is -0.444 e. The Bertz CT molecular complexity index is 654. The number of nitrogens with zero attached hydrogens (tertiary/aromatic N) is 1. The fourth-order valence-electron chi connectivity index (χ4n) is 2.56. The maximum Gasteiger partial charge on any atom is 0.410 e. The molecule has 1 aromatic rings. The van der Waals surface area contributed by atoms with Crippen LogP contribution in [0.1, 0.15) is 33.6 Å². The lowest BCUT2D eigenvalue weighted by Gasteiger charge is -2.28. The first kappa shape index (κ1) is 18.4. The highest BCUT2D eigenvalue weighted by Crippen LogP contribution is 2.22. The number of hydrogen-bond acceptors (Lipinski definition) is 4. The number of ether oxygens (including phenoxy) is 1. The van der Waals surface area contributed by atoms with E-state index in [0.29, 0.717) is 23.5 Å². The van der Waals surface area contributed by atoms with Gasteiger partial charge < -0.3 is 10.1 Å². The van der Waals surface area contributed by atoms with Crippen molar-refractivity contribution < 1.29 is 18.5 Å². The van der Waals surface area contributed by atoms with Crippen LogP contribution >= 0.6 is 0 Å². The van der Waals surface area contributed by atoms with Gasteiger partial charge in [0.15, 0.2) is 0 Å². The van der Waals surface area contributed by atoms with Crippen molar-refractivity contribution >= 4 is 28.5 Å². The molecule has 0 bridgehead atoms. The van der Waals surface area contributed by atoms with Gasteiger partial charge in [-0.2, -0.15) is 0 Å². The van der Waals surface area contributed by atoms with Gasteiger partial charge in [-0.25, -0.2) is 4.79 Å². The van der Waals surface area contributed by atoms with Gasteiger partial charge in [0.25, 0.3) is 0 Å². The van der Waals surface area contributed by atoms with Crippen LogP contribution in [0.3, 0.4) is 0 Å². The third kappa shape index (κ3) is 4.80. The van der Waals surface area contributed by atoms with Gasteiger partial charge in [-0.15, -0.1) is 0 Å². The number of anilines is 1. The Hall–Kier alpha value is -1.89. The molecule has 6 nitrogen and oxygen atoms in total. The van der Waals surface area contributed by atoms with Crippen LogP contribution in [0.15, 0.2) is 29.2 Å². The molecule has 1 heterocycles. The van der Waals surface area contributed by atoms with Gasteiger partial charge in [0.2, 0.25) is 5.91 Å². The summed E-state index contributed by atoms with van der Waals surface area (Å²) in [6.45, 7) is 5.90. The maximum absolute atomic E-state index is 12.5. The van der Waals surface area contributed by atoms with E-state index < -0.39 is 28.5 Å². The molecule has 0 aliphatic carbocycles. The molecule has 0 unspecified atom stereocenters. The lowest BCUT2D eigenvalue weighted by Crippen LogP contribution is -2.45. The molecule has 2 atom stereocenters. The van der Waals surface area contributed by atoms with Crippen molar-refractivity contribution in [3.8, 4) is 0 Å². The lowest BCUT2D eigenvalue weighted by atomic mass is 10.2. The predicted octanol–water partition coefficient (Wildman–Crippen LogP) is 2.76. The van der Waals surface area contributed by atoms with E-state index in [2.05, 4.69) is 5.32 Å². The quantitative estimate of drug-likeness (QED) is 0.907.